The predicted octanol–water partition coefficient (Wildman–Crippen LogP) is 2.44. The number of carbonyl (C=O) groups is 1. The molecular formula is C18H20N2O4S. The van der Waals surface area contributed by atoms with Crippen LogP contribution in [0.2, 0.25) is 0 Å². The number of amides is 1. The van der Waals surface area contributed by atoms with Crippen molar-refractivity contribution in [2.45, 2.75) is 18.8 Å². The summed E-state index contributed by atoms with van der Waals surface area (Å²) < 4.78 is 32.3. The van der Waals surface area contributed by atoms with E-state index in [0.717, 1.165) is 16.8 Å². The van der Waals surface area contributed by atoms with Gasteiger partial charge in [-0.3, -0.25) is 4.90 Å². The minimum atomic E-state index is -3.50. The van der Waals surface area contributed by atoms with Gasteiger partial charge in [-0.25, -0.2) is 17.9 Å². The molecule has 3 rings (SSSR count). The number of aryl methyl sites for hydroxylation is 1. The smallest absolute Gasteiger partial charge is 0.414 e. The van der Waals surface area contributed by atoms with Gasteiger partial charge in [-0.05, 0) is 30.2 Å². The maximum Gasteiger partial charge on any atom is 0.414 e. The third-order valence-electron chi connectivity index (χ3n) is 4.08. The molecule has 1 unspecified atom stereocenters. The Morgan fingerprint density at radius 3 is 2.52 bits per heavy atom. The molecule has 1 aliphatic heterocycles. The zero-order chi connectivity index (χ0) is 17.9. The van der Waals surface area contributed by atoms with Crippen molar-refractivity contribution in [2.24, 2.45) is 0 Å². The maximum atomic E-state index is 12.3. The highest BCUT2D eigenvalue weighted by Crippen LogP contribution is 2.21. The van der Waals surface area contributed by atoms with E-state index in [1.54, 1.807) is 6.07 Å². The standard InChI is InChI=1S/C18H20N2O4S/c1-14-7-5-6-8-15(14)13-25(22,23)19-11-17-12-20(18(21)24-17)16-9-3-2-4-10-16/h2-10,17,19H,11-13H2,1H3. The average molecular weight is 360 g/mol. The molecule has 0 spiro atoms. The third kappa shape index (κ3) is 4.37. The molecule has 1 atom stereocenters. The molecule has 1 fully saturated rings. The number of para-hydroxylation sites is 1. The van der Waals surface area contributed by atoms with Crippen molar-refractivity contribution >= 4 is 21.8 Å². The summed E-state index contributed by atoms with van der Waals surface area (Å²) in [5, 5.41) is 0. The normalized spacial score (nSPS) is 17.6. The van der Waals surface area contributed by atoms with Gasteiger partial charge in [0, 0.05) is 12.2 Å². The molecule has 6 nitrogen and oxygen atoms in total. The van der Waals surface area contributed by atoms with Crippen LogP contribution in [-0.2, 0) is 20.5 Å². The van der Waals surface area contributed by atoms with Gasteiger partial charge >= 0.3 is 6.09 Å². The highest BCUT2D eigenvalue weighted by atomic mass is 32.2. The van der Waals surface area contributed by atoms with E-state index in [2.05, 4.69) is 4.72 Å². The highest BCUT2D eigenvalue weighted by Gasteiger charge is 2.32. The molecule has 0 aromatic heterocycles. The van der Waals surface area contributed by atoms with E-state index < -0.39 is 22.2 Å². The Balaban J connectivity index is 1.58. The summed E-state index contributed by atoms with van der Waals surface area (Å²) in [5.74, 6) is -0.0945. The van der Waals surface area contributed by atoms with Crippen molar-refractivity contribution in [3.05, 3.63) is 65.7 Å². The average Bonchev–Trinajstić information content (AvgIpc) is 2.97. The Kier molecular flexibility index (Phi) is 5.06. The van der Waals surface area contributed by atoms with Crippen LogP contribution in [0.4, 0.5) is 10.5 Å². The Morgan fingerprint density at radius 2 is 1.80 bits per heavy atom. The number of cyclic esters (lactones) is 1. The lowest BCUT2D eigenvalue weighted by atomic mass is 10.1. The van der Waals surface area contributed by atoms with Crippen molar-refractivity contribution < 1.29 is 17.9 Å². The number of hydrogen-bond donors (Lipinski definition) is 1. The Morgan fingerprint density at radius 1 is 1.12 bits per heavy atom. The van der Waals surface area contributed by atoms with Gasteiger partial charge in [0.1, 0.15) is 6.10 Å². The van der Waals surface area contributed by atoms with Gasteiger partial charge in [0.05, 0.1) is 12.3 Å². The van der Waals surface area contributed by atoms with Gasteiger partial charge in [0.15, 0.2) is 0 Å². The molecule has 0 aliphatic carbocycles. The van der Waals surface area contributed by atoms with E-state index >= 15 is 0 Å². The van der Waals surface area contributed by atoms with Crippen molar-refractivity contribution in [3.8, 4) is 0 Å². The molecule has 7 heteroatoms. The second kappa shape index (κ2) is 7.25. The van der Waals surface area contributed by atoms with Crippen LogP contribution in [0.15, 0.2) is 54.6 Å². The zero-order valence-corrected chi connectivity index (χ0v) is 14.7. The lowest BCUT2D eigenvalue weighted by Crippen LogP contribution is -2.35. The lowest BCUT2D eigenvalue weighted by Gasteiger charge is -2.13. The van der Waals surface area contributed by atoms with E-state index in [4.69, 9.17) is 4.74 Å². The number of hydrogen-bond acceptors (Lipinski definition) is 4. The van der Waals surface area contributed by atoms with Gasteiger partial charge in [-0.2, -0.15) is 0 Å². The molecule has 2 aromatic rings. The number of benzene rings is 2. The van der Waals surface area contributed by atoms with Crippen LogP contribution in [0.25, 0.3) is 0 Å². The first kappa shape index (κ1) is 17.4. The van der Waals surface area contributed by atoms with Crippen LogP contribution in [0.1, 0.15) is 11.1 Å². The highest BCUT2D eigenvalue weighted by molar-refractivity contribution is 7.88. The minimum Gasteiger partial charge on any atom is -0.443 e. The fraction of sp³-hybridized carbons (Fsp3) is 0.278. The number of nitrogens with zero attached hydrogens (tertiary/aromatic N) is 1. The Bertz CT molecular complexity index is 852. The van der Waals surface area contributed by atoms with Crippen molar-refractivity contribution in [2.75, 3.05) is 18.0 Å². The molecule has 0 bridgehead atoms. The summed E-state index contributed by atoms with van der Waals surface area (Å²) in [6.07, 6.45) is -0.978. The summed E-state index contributed by atoms with van der Waals surface area (Å²) in [4.78, 5) is 13.5. The number of sulfonamides is 1. The van der Waals surface area contributed by atoms with Crippen molar-refractivity contribution in [1.29, 1.82) is 0 Å². The Hall–Kier alpha value is -2.38. The molecule has 1 saturated heterocycles. The van der Waals surface area contributed by atoms with Gasteiger partial charge < -0.3 is 4.74 Å². The van der Waals surface area contributed by atoms with Gasteiger partial charge in [0.25, 0.3) is 0 Å². The fourth-order valence-electron chi connectivity index (χ4n) is 2.69. The van der Waals surface area contributed by atoms with Gasteiger partial charge in [-0.1, -0.05) is 42.5 Å². The van der Waals surface area contributed by atoms with Gasteiger partial charge in [0.2, 0.25) is 10.0 Å². The van der Waals surface area contributed by atoms with Crippen LogP contribution in [-0.4, -0.2) is 33.7 Å². The van der Waals surface area contributed by atoms with Crippen LogP contribution in [0.3, 0.4) is 0 Å². The lowest BCUT2D eigenvalue weighted by molar-refractivity contribution is 0.143. The van der Waals surface area contributed by atoms with E-state index in [-0.39, 0.29) is 12.3 Å². The van der Waals surface area contributed by atoms with E-state index in [9.17, 15) is 13.2 Å². The molecule has 2 aromatic carbocycles. The molecule has 1 heterocycles. The molecule has 25 heavy (non-hydrogen) atoms. The van der Waals surface area contributed by atoms with Crippen LogP contribution in [0, 0.1) is 6.92 Å². The number of carbonyl (C=O) groups excluding carboxylic acids is 1. The third-order valence-corrected chi connectivity index (χ3v) is 5.38. The van der Waals surface area contributed by atoms with E-state index in [1.165, 1.54) is 4.90 Å². The summed E-state index contributed by atoms with van der Waals surface area (Å²) in [7, 11) is -3.50. The quantitative estimate of drug-likeness (QED) is 0.858. The number of rotatable bonds is 6. The summed E-state index contributed by atoms with van der Waals surface area (Å²) in [5.41, 5.74) is 2.41. The molecular weight excluding hydrogens is 340 g/mol. The summed E-state index contributed by atoms with van der Waals surface area (Å²) in [6.45, 7) is 2.25. The number of ether oxygens (including phenoxy) is 1. The molecule has 0 radical (unpaired) electrons. The first-order valence-corrected chi connectivity index (χ1v) is 9.65. The van der Waals surface area contributed by atoms with E-state index in [0.29, 0.717) is 6.54 Å². The largest absolute Gasteiger partial charge is 0.443 e. The topological polar surface area (TPSA) is 75.7 Å². The zero-order valence-electron chi connectivity index (χ0n) is 13.9. The summed E-state index contributed by atoms with van der Waals surface area (Å²) >= 11 is 0. The van der Waals surface area contributed by atoms with Crippen molar-refractivity contribution in [1.82, 2.24) is 4.72 Å². The molecule has 132 valence electrons. The maximum absolute atomic E-state index is 12.3. The molecule has 1 N–H and O–H groups in total. The number of nitrogens with one attached hydrogen (secondary N) is 1. The second-order valence-electron chi connectivity index (χ2n) is 5.99. The number of anilines is 1. The van der Waals surface area contributed by atoms with E-state index in [1.807, 2.05) is 55.5 Å². The Labute approximate surface area is 147 Å². The van der Waals surface area contributed by atoms with Crippen LogP contribution < -0.4 is 9.62 Å². The first-order chi connectivity index (χ1) is 11.9. The first-order valence-electron chi connectivity index (χ1n) is 8.00. The van der Waals surface area contributed by atoms with Crippen LogP contribution >= 0.6 is 0 Å². The minimum absolute atomic E-state index is 0.0588. The predicted molar refractivity (Wildman–Crippen MR) is 95.9 cm³/mol. The van der Waals surface area contributed by atoms with Crippen LogP contribution in [0.5, 0.6) is 0 Å². The second-order valence-corrected chi connectivity index (χ2v) is 7.79. The molecule has 1 aliphatic rings. The fourth-order valence-corrected chi connectivity index (χ4v) is 3.97. The summed E-state index contributed by atoms with van der Waals surface area (Å²) in [6, 6.07) is 16.5. The monoisotopic (exact) mass is 360 g/mol. The van der Waals surface area contributed by atoms with Gasteiger partial charge in [-0.15, -0.1) is 0 Å². The SMILES string of the molecule is Cc1ccccc1CS(=O)(=O)NCC1CN(c2ccccc2)C(=O)O1. The van der Waals surface area contributed by atoms with Crippen molar-refractivity contribution in [3.63, 3.8) is 0 Å². The molecule has 1 amide bonds. The molecule has 0 saturated carbocycles.